The highest BCUT2D eigenvalue weighted by Gasteiger charge is 2.33. The summed E-state index contributed by atoms with van der Waals surface area (Å²) in [7, 11) is 1.65. The Kier molecular flexibility index (Phi) is 9.86. The first kappa shape index (κ1) is 28.6. The maximum absolute atomic E-state index is 11.7. The third kappa shape index (κ3) is 7.85. The number of carboxylic acid groups (broad SMARTS) is 1. The van der Waals surface area contributed by atoms with Gasteiger partial charge in [0.1, 0.15) is 18.5 Å². The zero-order valence-electron chi connectivity index (χ0n) is 23.4. The van der Waals surface area contributed by atoms with Gasteiger partial charge in [0.2, 0.25) is 0 Å². The summed E-state index contributed by atoms with van der Waals surface area (Å²) in [5.74, 6) is 0.824. The molecule has 1 N–H and O–H groups in total. The molecule has 0 aromatic heterocycles. The molecule has 1 aliphatic rings. The minimum atomic E-state index is -0.911. The molecule has 7 nitrogen and oxygen atoms in total. The number of methoxy groups -OCH3 is 1. The molecule has 4 aromatic rings. The van der Waals surface area contributed by atoms with Gasteiger partial charge in [-0.2, -0.15) is 0 Å². The fraction of sp³-hybridized carbons (Fsp3) is 0.324. The summed E-state index contributed by atoms with van der Waals surface area (Å²) in [6.07, 6.45) is -0.673. The van der Waals surface area contributed by atoms with Crippen LogP contribution in [0.4, 0.5) is 4.79 Å². The van der Waals surface area contributed by atoms with E-state index in [0.717, 1.165) is 27.8 Å². The third-order valence-corrected chi connectivity index (χ3v) is 7.53. The van der Waals surface area contributed by atoms with Crippen LogP contribution in [0.5, 0.6) is 5.75 Å². The molecule has 0 bridgehead atoms. The van der Waals surface area contributed by atoms with E-state index in [4.69, 9.17) is 18.9 Å². The van der Waals surface area contributed by atoms with Gasteiger partial charge in [-0.05, 0) is 52.1 Å². The summed E-state index contributed by atoms with van der Waals surface area (Å²) in [6.45, 7) is 2.53. The van der Waals surface area contributed by atoms with Crippen LogP contribution in [0.25, 0.3) is 10.8 Å². The minimum absolute atomic E-state index is 0.0792. The number of likely N-dealkylation sites (tertiary alicyclic amines) is 1. The Labute approximate surface area is 241 Å². The topological polar surface area (TPSA) is 77.5 Å². The molecule has 0 aliphatic carbocycles. The van der Waals surface area contributed by atoms with E-state index < -0.39 is 6.09 Å². The molecule has 1 aliphatic heterocycles. The van der Waals surface area contributed by atoms with Crippen molar-refractivity contribution in [2.24, 2.45) is 0 Å². The summed E-state index contributed by atoms with van der Waals surface area (Å²) in [5, 5.41) is 12.0. The van der Waals surface area contributed by atoms with Crippen molar-refractivity contribution >= 4 is 16.9 Å². The first-order valence-electron chi connectivity index (χ1n) is 14.0. The number of benzene rings is 4. The van der Waals surface area contributed by atoms with Crippen LogP contribution in [0.3, 0.4) is 0 Å². The van der Waals surface area contributed by atoms with Gasteiger partial charge in [0.05, 0.1) is 32.5 Å². The Morgan fingerprint density at radius 2 is 1.63 bits per heavy atom. The smallest absolute Gasteiger partial charge is 0.407 e. The molecule has 0 saturated carbocycles. The second-order valence-corrected chi connectivity index (χ2v) is 10.4. The van der Waals surface area contributed by atoms with Crippen LogP contribution < -0.4 is 4.74 Å². The number of rotatable bonds is 12. The standard InChI is InChI=1S/C34H37NO6/c1-38-23-31(39-21-25-7-3-2-4-8-25)24-40-30-15-13-28(14-16-30)32-17-18-35(34(36)37)20-33(32)41-22-26-11-12-27-9-5-6-10-29(27)19-26/h2-16,19,31-33H,17-18,20-24H2,1H3,(H,36,37)/t31-,32+,33-/m0/s1. The van der Waals surface area contributed by atoms with Crippen LogP contribution >= 0.6 is 0 Å². The number of carbonyl (C=O) groups is 1. The van der Waals surface area contributed by atoms with Crippen molar-refractivity contribution in [1.29, 1.82) is 0 Å². The van der Waals surface area contributed by atoms with Crippen LogP contribution in [-0.4, -0.2) is 61.7 Å². The van der Waals surface area contributed by atoms with Crippen LogP contribution in [0.2, 0.25) is 0 Å². The number of nitrogens with zero attached hydrogens (tertiary/aromatic N) is 1. The lowest BCUT2D eigenvalue weighted by atomic mass is 9.87. The zero-order valence-corrected chi connectivity index (χ0v) is 23.4. The normalized spacial score (nSPS) is 17.8. The van der Waals surface area contributed by atoms with Gasteiger partial charge in [0, 0.05) is 19.6 Å². The fourth-order valence-corrected chi connectivity index (χ4v) is 5.29. The Hall–Kier alpha value is -3.91. The predicted molar refractivity (Wildman–Crippen MR) is 158 cm³/mol. The highest BCUT2D eigenvalue weighted by Crippen LogP contribution is 2.32. The van der Waals surface area contributed by atoms with Crippen LogP contribution in [0, 0.1) is 0 Å². The number of piperidine rings is 1. The molecule has 7 heteroatoms. The first-order chi connectivity index (χ1) is 20.1. The zero-order chi connectivity index (χ0) is 28.4. The van der Waals surface area contributed by atoms with Crippen LogP contribution in [0.1, 0.15) is 29.0 Å². The third-order valence-electron chi connectivity index (χ3n) is 7.53. The molecule has 1 saturated heterocycles. The highest BCUT2D eigenvalue weighted by atomic mass is 16.6. The molecule has 41 heavy (non-hydrogen) atoms. The lowest BCUT2D eigenvalue weighted by Gasteiger charge is -2.37. The molecule has 0 unspecified atom stereocenters. The summed E-state index contributed by atoms with van der Waals surface area (Å²) in [5.41, 5.74) is 3.28. The van der Waals surface area contributed by atoms with Crippen molar-refractivity contribution in [2.75, 3.05) is 33.4 Å². The lowest BCUT2D eigenvalue weighted by molar-refractivity contribution is -0.0339. The van der Waals surface area contributed by atoms with Gasteiger partial charge >= 0.3 is 6.09 Å². The SMILES string of the molecule is COC[C@@H](COc1ccc([C@H]2CCN(C(=O)O)C[C@@H]2OCc2ccc3ccccc3c2)cc1)OCc1ccccc1. The molecule has 0 spiro atoms. The number of amides is 1. The Morgan fingerprint density at radius 1 is 0.878 bits per heavy atom. The Morgan fingerprint density at radius 3 is 2.39 bits per heavy atom. The largest absolute Gasteiger partial charge is 0.491 e. The molecule has 1 amide bonds. The number of ether oxygens (including phenoxy) is 4. The van der Waals surface area contributed by atoms with Crippen molar-refractivity contribution in [2.45, 2.75) is 37.8 Å². The number of fused-ring (bicyclic) bond motifs is 1. The molecule has 0 radical (unpaired) electrons. The predicted octanol–water partition coefficient (Wildman–Crippen LogP) is 6.50. The van der Waals surface area contributed by atoms with E-state index in [1.807, 2.05) is 54.6 Å². The average Bonchev–Trinajstić information content (AvgIpc) is 3.02. The Bertz CT molecular complexity index is 1390. The van der Waals surface area contributed by atoms with Gasteiger partial charge in [-0.25, -0.2) is 4.79 Å². The Balaban J connectivity index is 1.21. The summed E-state index contributed by atoms with van der Waals surface area (Å²) < 4.78 is 23.8. The summed E-state index contributed by atoms with van der Waals surface area (Å²) in [4.78, 5) is 13.2. The molecule has 3 atom stereocenters. The van der Waals surface area contributed by atoms with Crippen molar-refractivity contribution in [3.8, 4) is 5.75 Å². The fourth-order valence-electron chi connectivity index (χ4n) is 5.29. The van der Waals surface area contributed by atoms with Crippen LogP contribution in [0.15, 0.2) is 97.1 Å². The van der Waals surface area contributed by atoms with Crippen molar-refractivity contribution in [3.05, 3.63) is 114 Å². The average molecular weight is 556 g/mol. The molecular weight excluding hydrogens is 518 g/mol. The van der Waals surface area contributed by atoms with E-state index in [2.05, 4.69) is 42.5 Å². The molecular formula is C34H37NO6. The van der Waals surface area contributed by atoms with E-state index >= 15 is 0 Å². The van der Waals surface area contributed by atoms with Crippen molar-refractivity contribution in [3.63, 3.8) is 0 Å². The van der Waals surface area contributed by atoms with Gasteiger partial charge in [-0.15, -0.1) is 0 Å². The molecule has 5 rings (SSSR count). The van der Waals surface area contributed by atoms with E-state index in [1.165, 1.54) is 10.3 Å². The van der Waals surface area contributed by atoms with E-state index in [9.17, 15) is 9.90 Å². The maximum Gasteiger partial charge on any atom is 0.407 e. The van der Waals surface area contributed by atoms with Crippen LogP contribution in [-0.2, 0) is 27.4 Å². The number of hydrogen-bond acceptors (Lipinski definition) is 5. The number of hydrogen-bond donors (Lipinski definition) is 1. The lowest BCUT2D eigenvalue weighted by Crippen LogP contribution is -2.46. The van der Waals surface area contributed by atoms with E-state index in [0.29, 0.717) is 45.9 Å². The molecule has 214 valence electrons. The van der Waals surface area contributed by atoms with Crippen molar-refractivity contribution in [1.82, 2.24) is 4.90 Å². The van der Waals surface area contributed by atoms with Gasteiger partial charge < -0.3 is 29.0 Å². The quantitative estimate of drug-likeness (QED) is 0.215. The highest BCUT2D eigenvalue weighted by molar-refractivity contribution is 5.82. The monoisotopic (exact) mass is 555 g/mol. The summed E-state index contributed by atoms with van der Waals surface area (Å²) >= 11 is 0. The molecule has 1 heterocycles. The maximum atomic E-state index is 11.7. The minimum Gasteiger partial charge on any atom is -0.491 e. The first-order valence-corrected chi connectivity index (χ1v) is 14.0. The molecule has 1 fully saturated rings. The second kappa shape index (κ2) is 14.1. The summed E-state index contributed by atoms with van der Waals surface area (Å²) in [6, 6.07) is 32.6. The van der Waals surface area contributed by atoms with E-state index in [-0.39, 0.29) is 18.1 Å². The molecule has 4 aromatic carbocycles. The van der Waals surface area contributed by atoms with Gasteiger partial charge in [0.15, 0.2) is 0 Å². The van der Waals surface area contributed by atoms with Gasteiger partial charge in [-0.3, -0.25) is 0 Å². The van der Waals surface area contributed by atoms with Gasteiger partial charge in [-0.1, -0.05) is 78.9 Å². The second-order valence-electron chi connectivity index (χ2n) is 10.4. The van der Waals surface area contributed by atoms with E-state index in [1.54, 1.807) is 7.11 Å². The van der Waals surface area contributed by atoms with Crippen molar-refractivity contribution < 1.29 is 28.8 Å². The van der Waals surface area contributed by atoms with Gasteiger partial charge in [0.25, 0.3) is 0 Å².